The Morgan fingerprint density at radius 3 is 2.74 bits per heavy atom. The van der Waals surface area contributed by atoms with Crippen LogP contribution < -0.4 is 5.32 Å². The Bertz CT molecular complexity index is 1060. The van der Waals surface area contributed by atoms with Gasteiger partial charge in [-0.1, -0.05) is 59.0 Å². The van der Waals surface area contributed by atoms with Gasteiger partial charge in [0.05, 0.1) is 16.3 Å². The van der Waals surface area contributed by atoms with Gasteiger partial charge < -0.3 is 4.98 Å². The zero-order valence-corrected chi connectivity index (χ0v) is 16.5. The molecule has 2 aromatic carbocycles. The van der Waals surface area contributed by atoms with Crippen LogP contribution in [0.5, 0.6) is 0 Å². The summed E-state index contributed by atoms with van der Waals surface area (Å²) in [4.78, 5) is 20.2. The maximum absolute atomic E-state index is 12.5. The number of nitrogens with one attached hydrogen (secondary N) is 2. The van der Waals surface area contributed by atoms with E-state index in [0.29, 0.717) is 15.3 Å². The molecule has 27 heavy (non-hydrogen) atoms. The molecule has 4 aromatic rings. The number of hydrogen-bond acceptors (Lipinski definition) is 6. The minimum absolute atomic E-state index is 0.153. The van der Waals surface area contributed by atoms with Crippen molar-refractivity contribution in [3.63, 3.8) is 0 Å². The lowest BCUT2D eigenvalue weighted by Crippen LogP contribution is -2.22. The average Bonchev–Trinajstić information content (AvgIpc) is 3.28. The summed E-state index contributed by atoms with van der Waals surface area (Å²) < 4.78 is 0. The molecule has 9 heteroatoms. The lowest BCUT2D eigenvalue weighted by molar-refractivity contribution is -0.115. The maximum atomic E-state index is 12.5. The fourth-order valence-electron chi connectivity index (χ4n) is 2.40. The van der Waals surface area contributed by atoms with E-state index < -0.39 is 0 Å². The number of aromatic nitrogens is 4. The molecule has 0 bridgehead atoms. The number of hydrogen-bond donors (Lipinski definition) is 2. The van der Waals surface area contributed by atoms with E-state index in [-0.39, 0.29) is 11.2 Å². The molecule has 136 valence electrons. The number of halogens is 1. The molecule has 0 saturated heterocycles. The molecule has 0 fully saturated rings. The monoisotopic (exact) mass is 415 g/mol. The molecule has 0 spiro atoms. The zero-order chi connectivity index (χ0) is 18.8. The molecular formula is C18H14ClN5OS2. The SMILES string of the molecule is CC(Sc1nc2ccccc2[nH]1)C(=O)Nc1nnc(-c2ccc(Cl)cc2)s1. The Morgan fingerprint density at radius 2 is 1.96 bits per heavy atom. The van der Waals surface area contributed by atoms with Gasteiger partial charge in [0.25, 0.3) is 0 Å². The van der Waals surface area contributed by atoms with Crippen molar-refractivity contribution >= 4 is 56.8 Å². The number of carbonyl (C=O) groups is 1. The van der Waals surface area contributed by atoms with Crippen LogP contribution in [0.2, 0.25) is 5.02 Å². The van der Waals surface area contributed by atoms with E-state index in [0.717, 1.165) is 21.6 Å². The maximum Gasteiger partial charge on any atom is 0.239 e. The molecule has 2 aromatic heterocycles. The smallest absolute Gasteiger partial charge is 0.239 e. The van der Waals surface area contributed by atoms with Crippen LogP contribution in [0.4, 0.5) is 5.13 Å². The molecule has 0 aliphatic rings. The predicted molar refractivity (Wildman–Crippen MR) is 110 cm³/mol. The Kier molecular flexibility index (Phi) is 5.11. The number of benzene rings is 2. The minimum atomic E-state index is -0.339. The second-order valence-electron chi connectivity index (χ2n) is 5.73. The van der Waals surface area contributed by atoms with Gasteiger partial charge in [-0.3, -0.25) is 10.1 Å². The molecule has 0 aliphatic carbocycles. The van der Waals surface area contributed by atoms with Crippen molar-refractivity contribution in [2.45, 2.75) is 17.3 Å². The number of thioether (sulfide) groups is 1. The van der Waals surface area contributed by atoms with Crippen LogP contribution in [0.15, 0.2) is 53.7 Å². The van der Waals surface area contributed by atoms with Gasteiger partial charge in [0, 0.05) is 10.6 Å². The third-order valence-electron chi connectivity index (χ3n) is 3.77. The highest BCUT2D eigenvalue weighted by Crippen LogP contribution is 2.28. The first-order valence-electron chi connectivity index (χ1n) is 8.10. The van der Waals surface area contributed by atoms with Crippen molar-refractivity contribution in [3.05, 3.63) is 53.6 Å². The number of amides is 1. The minimum Gasteiger partial charge on any atom is -0.333 e. The van der Waals surface area contributed by atoms with Gasteiger partial charge in [-0.2, -0.15) is 0 Å². The van der Waals surface area contributed by atoms with Crippen molar-refractivity contribution in [2.24, 2.45) is 0 Å². The van der Waals surface area contributed by atoms with Gasteiger partial charge in [-0.15, -0.1) is 10.2 Å². The topological polar surface area (TPSA) is 83.6 Å². The fourth-order valence-corrected chi connectivity index (χ4v) is 4.09. The van der Waals surface area contributed by atoms with E-state index in [1.54, 1.807) is 12.1 Å². The van der Waals surface area contributed by atoms with Gasteiger partial charge in [-0.25, -0.2) is 4.98 Å². The molecule has 2 N–H and O–H groups in total. The number of aromatic amines is 1. The second-order valence-corrected chi connectivity index (χ2v) is 8.47. The standard InChI is InChI=1S/C18H14ClN5OS2/c1-10(26-17-20-13-4-2-3-5-14(13)21-17)15(25)22-18-24-23-16(27-18)11-6-8-12(19)9-7-11/h2-10H,1H3,(H,20,21)(H,22,24,25). The van der Waals surface area contributed by atoms with E-state index in [1.165, 1.54) is 23.1 Å². The Balaban J connectivity index is 1.41. The number of para-hydroxylation sites is 2. The van der Waals surface area contributed by atoms with Crippen LogP contribution in [-0.2, 0) is 4.79 Å². The largest absolute Gasteiger partial charge is 0.333 e. The van der Waals surface area contributed by atoms with Crippen LogP contribution in [0, 0.1) is 0 Å². The number of H-pyrrole nitrogens is 1. The fraction of sp³-hybridized carbons (Fsp3) is 0.111. The van der Waals surface area contributed by atoms with Gasteiger partial charge in [0.2, 0.25) is 11.0 Å². The molecule has 4 rings (SSSR count). The Morgan fingerprint density at radius 1 is 1.19 bits per heavy atom. The van der Waals surface area contributed by atoms with Gasteiger partial charge >= 0.3 is 0 Å². The van der Waals surface area contributed by atoms with E-state index in [2.05, 4.69) is 25.5 Å². The summed E-state index contributed by atoms with van der Waals surface area (Å²) in [5.41, 5.74) is 2.73. The lowest BCUT2D eigenvalue weighted by Gasteiger charge is -2.07. The van der Waals surface area contributed by atoms with Gasteiger partial charge in [0.1, 0.15) is 5.01 Å². The highest BCUT2D eigenvalue weighted by molar-refractivity contribution is 8.00. The molecule has 0 saturated carbocycles. The van der Waals surface area contributed by atoms with Crippen molar-refractivity contribution in [1.82, 2.24) is 20.2 Å². The number of imidazole rings is 1. The van der Waals surface area contributed by atoms with Gasteiger partial charge in [0.15, 0.2) is 5.16 Å². The van der Waals surface area contributed by atoms with Gasteiger partial charge in [-0.05, 0) is 31.2 Å². The molecule has 6 nitrogen and oxygen atoms in total. The molecule has 2 heterocycles. The number of nitrogens with zero attached hydrogens (tertiary/aromatic N) is 3. The quantitative estimate of drug-likeness (QED) is 0.455. The zero-order valence-electron chi connectivity index (χ0n) is 14.1. The summed E-state index contributed by atoms with van der Waals surface area (Å²) in [7, 11) is 0. The Labute approximate surface area is 168 Å². The molecule has 0 aliphatic heterocycles. The predicted octanol–water partition coefficient (Wildman–Crippen LogP) is 4.85. The summed E-state index contributed by atoms with van der Waals surface area (Å²) in [5, 5.41) is 13.2. The third-order valence-corrected chi connectivity index (χ3v) is 5.90. The molecule has 1 atom stereocenters. The summed E-state index contributed by atoms with van der Waals surface area (Å²) >= 11 is 8.58. The van der Waals surface area contributed by atoms with Crippen molar-refractivity contribution < 1.29 is 4.79 Å². The number of carbonyl (C=O) groups excluding carboxylic acids is 1. The van der Waals surface area contributed by atoms with Crippen molar-refractivity contribution in [1.29, 1.82) is 0 Å². The van der Waals surface area contributed by atoms with E-state index in [1.807, 2.05) is 43.3 Å². The number of anilines is 1. The molecular weight excluding hydrogens is 402 g/mol. The molecule has 0 radical (unpaired) electrons. The Hall–Kier alpha value is -2.42. The summed E-state index contributed by atoms with van der Waals surface area (Å²) in [6, 6.07) is 15.1. The second kappa shape index (κ2) is 7.67. The van der Waals surface area contributed by atoms with E-state index >= 15 is 0 Å². The summed E-state index contributed by atoms with van der Waals surface area (Å²) in [5.74, 6) is -0.153. The van der Waals surface area contributed by atoms with Crippen molar-refractivity contribution in [3.8, 4) is 10.6 Å². The number of rotatable bonds is 5. The third kappa shape index (κ3) is 4.13. The summed E-state index contributed by atoms with van der Waals surface area (Å²) in [6.07, 6.45) is 0. The van der Waals surface area contributed by atoms with Crippen LogP contribution in [0.1, 0.15) is 6.92 Å². The first-order valence-corrected chi connectivity index (χ1v) is 10.2. The van der Waals surface area contributed by atoms with E-state index in [9.17, 15) is 4.79 Å². The van der Waals surface area contributed by atoms with Crippen molar-refractivity contribution in [2.75, 3.05) is 5.32 Å². The summed E-state index contributed by atoms with van der Waals surface area (Å²) in [6.45, 7) is 1.83. The van der Waals surface area contributed by atoms with Crippen LogP contribution in [0.3, 0.4) is 0 Å². The highest BCUT2D eigenvalue weighted by atomic mass is 35.5. The normalized spacial score (nSPS) is 12.2. The average molecular weight is 416 g/mol. The van der Waals surface area contributed by atoms with E-state index in [4.69, 9.17) is 11.6 Å². The molecule has 1 unspecified atom stereocenters. The molecule has 1 amide bonds. The highest BCUT2D eigenvalue weighted by Gasteiger charge is 2.18. The first-order chi connectivity index (χ1) is 13.1. The number of fused-ring (bicyclic) bond motifs is 1. The lowest BCUT2D eigenvalue weighted by atomic mass is 10.2. The van der Waals surface area contributed by atoms with Crippen LogP contribution >= 0.6 is 34.7 Å². The van der Waals surface area contributed by atoms with Crippen LogP contribution in [0.25, 0.3) is 21.6 Å². The first kappa shape index (κ1) is 18.0. The van der Waals surface area contributed by atoms with Crippen LogP contribution in [-0.4, -0.2) is 31.3 Å².